The highest BCUT2D eigenvalue weighted by molar-refractivity contribution is 7.10. The van der Waals surface area contributed by atoms with E-state index in [0.29, 0.717) is 12.0 Å². The predicted molar refractivity (Wildman–Crippen MR) is 118 cm³/mol. The lowest BCUT2D eigenvalue weighted by Crippen LogP contribution is -2.42. The highest BCUT2D eigenvalue weighted by Gasteiger charge is 2.28. The van der Waals surface area contributed by atoms with Crippen LogP contribution in [0.15, 0.2) is 34.9 Å². The van der Waals surface area contributed by atoms with E-state index in [1.54, 1.807) is 0 Å². The lowest BCUT2D eigenvalue weighted by Gasteiger charge is -2.33. The van der Waals surface area contributed by atoms with E-state index < -0.39 is 0 Å². The van der Waals surface area contributed by atoms with Crippen molar-refractivity contribution in [2.24, 2.45) is 12.0 Å². The van der Waals surface area contributed by atoms with Gasteiger partial charge in [-0.25, -0.2) is 0 Å². The van der Waals surface area contributed by atoms with E-state index in [1.165, 1.54) is 10.4 Å². The Morgan fingerprint density at radius 3 is 2.93 bits per heavy atom. The van der Waals surface area contributed by atoms with Gasteiger partial charge in [0.1, 0.15) is 0 Å². The molecule has 2 aliphatic rings. The minimum Gasteiger partial charge on any atom is -0.379 e. The van der Waals surface area contributed by atoms with Crippen LogP contribution in [-0.2, 0) is 11.8 Å². The quantitative estimate of drug-likeness (QED) is 0.579. The standard InChI is InChI=1S/C21H32N6OS/c1-3-22-21(27-7-6-17(16-27)18-13-24-25(2)15-18)23-14-19(20-5-4-12-29-20)26-8-10-28-11-9-26/h4-5,12-13,15,17,19H,3,6-11,14,16H2,1-2H3,(H,22,23). The van der Waals surface area contributed by atoms with Crippen LogP contribution in [0, 0.1) is 0 Å². The molecule has 2 saturated heterocycles. The molecule has 1 N–H and O–H groups in total. The maximum atomic E-state index is 5.57. The fourth-order valence-electron chi connectivity index (χ4n) is 4.23. The molecule has 0 bridgehead atoms. The van der Waals surface area contributed by atoms with Crippen LogP contribution in [0.2, 0.25) is 0 Å². The maximum Gasteiger partial charge on any atom is 0.194 e. The number of aliphatic imine (C=N–C) groups is 1. The average Bonchev–Trinajstić information content (AvgIpc) is 3.50. The van der Waals surface area contributed by atoms with Crippen LogP contribution >= 0.6 is 11.3 Å². The molecule has 2 atom stereocenters. The smallest absolute Gasteiger partial charge is 0.194 e. The van der Waals surface area contributed by atoms with E-state index in [0.717, 1.165) is 64.9 Å². The van der Waals surface area contributed by atoms with E-state index in [4.69, 9.17) is 9.73 Å². The van der Waals surface area contributed by atoms with E-state index >= 15 is 0 Å². The molecule has 2 aromatic heterocycles. The Hall–Kier alpha value is -1.90. The number of morpholine rings is 1. The maximum absolute atomic E-state index is 5.57. The lowest BCUT2D eigenvalue weighted by atomic mass is 10.0. The summed E-state index contributed by atoms with van der Waals surface area (Å²) in [6.07, 6.45) is 5.29. The Kier molecular flexibility index (Phi) is 6.84. The largest absolute Gasteiger partial charge is 0.379 e. The van der Waals surface area contributed by atoms with Crippen molar-refractivity contribution in [2.45, 2.75) is 25.3 Å². The number of nitrogens with zero attached hydrogens (tertiary/aromatic N) is 5. The van der Waals surface area contributed by atoms with Gasteiger partial charge in [0.2, 0.25) is 0 Å². The minimum absolute atomic E-state index is 0.323. The van der Waals surface area contributed by atoms with Crippen molar-refractivity contribution in [3.05, 3.63) is 40.3 Å². The second kappa shape index (κ2) is 9.73. The molecule has 7 nitrogen and oxygen atoms in total. The zero-order chi connectivity index (χ0) is 20.1. The topological polar surface area (TPSA) is 57.9 Å². The summed E-state index contributed by atoms with van der Waals surface area (Å²) < 4.78 is 7.46. The van der Waals surface area contributed by atoms with Crippen molar-refractivity contribution in [2.75, 3.05) is 52.5 Å². The number of guanidine groups is 1. The summed E-state index contributed by atoms with van der Waals surface area (Å²) in [6.45, 7) is 9.40. The number of hydrogen-bond donors (Lipinski definition) is 1. The third-order valence-corrected chi connectivity index (χ3v) is 6.76. The van der Waals surface area contributed by atoms with Crippen molar-refractivity contribution in [1.82, 2.24) is 24.9 Å². The number of ether oxygens (including phenoxy) is 1. The van der Waals surface area contributed by atoms with E-state index in [2.05, 4.69) is 50.8 Å². The van der Waals surface area contributed by atoms with E-state index in [1.807, 2.05) is 29.3 Å². The van der Waals surface area contributed by atoms with Gasteiger partial charge in [-0.2, -0.15) is 5.10 Å². The van der Waals surface area contributed by atoms with Gasteiger partial charge in [0.15, 0.2) is 5.96 Å². The summed E-state index contributed by atoms with van der Waals surface area (Å²) in [5.74, 6) is 1.56. The van der Waals surface area contributed by atoms with Crippen molar-refractivity contribution >= 4 is 17.3 Å². The molecule has 2 aliphatic heterocycles. The molecule has 2 aromatic rings. The van der Waals surface area contributed by atoms with Crippen LogP contribution in [0.4, 0.5) is 0 Å². The molecule has 4 heterocycles. The van der Waals surface area contributed by atoms with E-state index in [-0.39, 0.29) is 0 Å². The first-order valence-corrected chi connectivity index (χ1v) is 11.5. The summed E-state index contributed by atoms with van der Waals surface area (Å²) in [5.41, 5.74) is 1.33. The van der Waals surface area contributed by atoms with Crippen molar-refractivity contribution in [1.29, 1.82) is 0 Å². The Morgan fingerprint density at radius 2 is 2.24 bits per heavy atom. The average molecular weight is 417 g/mol. The number of aryl methyl sites for hydroxylation is 1. The first-order valence-electron chi connectivity index (χ1n) is 10.6. The fraction of sp³-hybridized carbons (Fsp3) is 0.619. The third-order valence-electron chi connectivity index (χ3n) is 5.79. The predicted octanol–water partition coefficient (Wildman–Crippen LogP) is 2.31. The van der Waals surface area contributed by atoms with Crippen molar-refractivity contribution in [3.63, 3.8) is 0 Å². The summed E-state index contributed by atoms with van der Waals surface area (Å²) in [7, 11) is 1.98. The summed E-state index contributed by atoms with van der Waals surface area (Å²) >= 11 is 1.83. The SMILES string of the molecule is CCNC(=NCC(c1cccs1)N1CCOCC1)N1CCC(c2cnn(C)c2)C1. The Balaban J connectivity index is 1.46. The number of nitrogens with one attached hydrogen (secondary N) is 1. The highest BCUT2D eigenvalue weighted by atomic mass is 32.1. The zero-order valence-electron chi connectivity index (χ0n) is 17.5. The van der Waals surface area contributed by atoms with Gasteiger partial charge in [-0.3, -0.25) is 14.6 Å². The number of hydrogen-bond acceptors (Lipinski definition) is 5. The van der Waals surface area contributed by atoms with Crippen LogP contribution in [0.1, 0.15) is 35.7 Å². The van der Waals surface area contributed by atoms with Gasteiger partial charge in [-0.1, -0.05) is 6.07 Å². The molecule has 0 saturated carbocycles. The Morgan fingerprint density at radius 1 is 1.38 bits per heavy atom. The minimum atomic E-state index is 0.323. The number of aromatic nitrogens is 2. The van der Waals surface area contributed by atoms with Gasteiger partial charge >= 0.3 is 0 Å². The molecule has 2 unspecified atom stereocenters. The molecule has 0 radical (unpaired) electrons. The van der Waals surface area contributed by atoms with Crippen molar-refractivity contribution in [3.8, 4) is 0 Å². The molecule has 2 fully saturated rings. The normalized spacial score (nSPS) is 22.2. The number of likely N-dealkylation sites (tertiary alicyclic amines) is 1. The Bertz CT molecular complexity index is 783. The van der Waals surface area contributed by atoms with Gasteiger partial charge in [0.05, 0.1) is 32.0 Å². The lowest BCUT2D eigenvalue weighted by molar-refractivity contribution is 0.0186. The van der Waals surface area contributed by atoms with Gasteiger partial charge in [0, 0.05) is 56.8 Å². The molecule has 0 spiro atoms. The summed E-state index contributed by atoms with van der Waals surface area (Å²) in [6, 6.07) is 4.70. The van der Waals surface area contributed by atoms with Crippen LogP contribution in [0.3, 0.4) is 0 Å². The van der Waals surface area contributed by atoms with Crippen molar-refractivity contribution < 1.29 is 4.74 Å². The summed E-state index contributed by atoms with van der Waals surface area (Å²) in [5, 5.41) is 10.0. The first kappa shape index (κ1) is 20.4. The highest BCUT2D eigenvalue weighted by Crippen LogP contribution is 2.28. The Labute approximate surface area is 177 Å². The third kappa shape index (κ3) is 4.99. The number of thiophene rings is 1. The van der Waals surface area contributed by atoms with Gasteiger partial charge in [-0.05, 0) is 30.4 Å². The molecule has 0 aromatic carbocycles. The summed E-state index contributed by atoms with van der Waals surface area (Å²) in [4.78, 5) is 11.4. The molecule has 0 amide bonds. The second-order valence-electron chi connectivity index (χ2n) is 7.75. The zero-order valence-corrected chi connectivity index (χ0v) is 18.3. The van der Waals surface area contributed by atoms with Gasteiger partial charge in [-0.15, -0.1) is 11.3 Å². The number of rotatable bonds is 6. The van der Waals surface area contributed by atoms with Gasteiger partial charge < -0.3 is 15.0 Å². The second-order valence-corrected chi connectivity index (χ2v) is 8.73. The van der Waals surface area contributed by atoms with Crippen LogP contribution in [-0.4, -0.2) is 78.0 Å². The fourth-order valence-corrected chi connectivity index (χ4v) is 5.08. The molecular weight excluding hydrogens is 384 g/mol. The molecule has 8 heteroatoms. The van der Waals surface area contributed by atoms with Crippen LogP contribution in [0.5, 0.6) is 0 Å². The molecule has 158 valence electrons. The molecule has 4 rings (SSSR count). The van der Waals surface area contributed by atoms with E-state index in [9.17, 15) is 0 Å². The first-order chi connectivity index (χ1) is 14.2. The molecule has 0 aliphatic carbocycles. The van der Waals surface area contributed by atoms with Gasteiger partial charge in [0.25, 0.3) is 0 Å². The van der Waals surface area contributed by atoms with Crippen LogP contribution in [0.25, 0.3) is 0 Å². The molecule has 29 heavy (non-hydrogen) atoms. The molecular formula is C21H32N6OS. The monoisotopic (exact) mass is 416 g/mol. The van der Waals surface area contributed by atoms with Crippen LogP contribution < -0.4 is 5.32 Å².